The molecule has 0 heterocycles. The summed E-state index contributed by atoms with van der Waals surface area (Å²) < 4.78 is 26.7. The Balaban J connectivity index is 2.30. The minimum Gasteiger partial charge on any atom is -0.278 e. The molecule has 2 aromatic carbocycles. The zero-order valence-electron chi connectivity index (χ0n) is 9.81. The largest absolute Gasteiger partial charge is 0.278 e. The van der Waals surface area contributed by atoms with Gasteiger partial charge in [-0.25, -0.2) is 8.42 Å². The summed E-state index contributed by atoms with van der Waals surface area (Å²) in [6.07, 6.45) is 0. The van der Waals surface area contributed by atoms with Gasteiger partial charge in [-0.1, -0.05) is 35.9 Å². The van der Waals surface area contributed by atoms with E-state index >= 15 is 0 Å². The molecule has 100 valence electrons. The number of hydrogen-bond donors (Lipinski definition) is 1. The lowest BCUT2D eigenvalue weighted by Gasteiger charge is -2.09. The lowest BCUT2D eigenvalue weighted by atomic mass is 10.2. The molecule has 0 radical (unpaired) electrons. The van der Waals surface area contributed by atoms with E-state index in [1.165, 1.54) is 12.1 Å². The summed E-state index contributed by atoms with van der Waals surface area (Å²) in [7, 11) is -3.64. The highest BCUT2D eigenvalue weighted by Crippen LogP contribution is 2.24. The van der Waals surface area contributed by atoms with Gasteiger partial charge in [0.05, 0.1) is 15.6 Å². The number of benzene rings is 2. The Morgan fingerprint density at radius 1 is 1.00 bits per heavy atom. The maximum atomic E-state index is 12.2. The van der Waals surface area contributed by atoms with E-state index < -0.39 is 10.0 Å². The van der Waals surface area contributed by atoms with E-state index in [4.69, 9.17) is 23.2 Å². The van der Waals surface area contributed by atoms with Crippen LogP contribution in [0.25, 0.3) is 0 Å². The van der Waals surface area contributed by atoms with Crippen molar-refractivity contribution in [3.05, 3.63) is 59.1 Å². The Bertz CT molecular complexity index is 669. The Morgan fingerprint density at radius 3 is 2.21 bits per heavy atom. The van der Waals surface area contributed by atoms with Crippen LogP contribution in [0.4, 0.5) is 5.69 Å². The molecule has 0 bridgehead atoms. The maximum absolute atomic E-state index is 12.2. The van der Waals surface area contributed by atoms with Gasteiger partial charge < -0.3 is 0 Å². The molecule has 0 atom stereocenters. The lowest BCUT2D eigenvalue weighted by Crippen LogP contribution is -2.13. The van der Waals surface area contributed by atoms with Crippen molar-refractivity contribution in [3.8, 4) is 0 Å². The van der Waals surface area contributed by atoms with Crippen molar-refractivity contribution in [2.75, 3.05) is 4.72 Å². The molecule has 0 fully saturated rings. The molecule has 6 heteroatoms. The van der Waals surface area contributed by atoms with Gasteiger partial charge in [-0.3, -0.25) is 4.72 Å². The van der Waals surface area contributed by atoms with E-state index in [0.717, 1.165) is 5.56 Å². The van der Waals surface area contributed by atoms with Crippen LogP contribution in [-0.4, -0.2) is 8.42 Å². The monoisotopic (exact) mass is 315 g/mol. The number of sulfonamides is 1. The smallest absolute Gasteiger partial charge is 0.261 e. The van der Waals surface area contributed by atoms with Crippen LogP contribution in [0.5, 0.6) is 0 Å². The number of anilines is 1. The highest BCUT2D eigenvalue weighted by Gasteiger charge is 2.15. The molecule has 0 aliphatic rings. The molecule has 0 saturated heterocycles. The minimum atomic E-state index is -3.64. The third-order valence-electron chi connectivity index (χ3n) is 2.51. The molecule has 2 aromatic rings. The molecule has 0 aliphatic heterocycles. The summed E-state index contributed by atoms with van der Waals surface area (Å²) in [5, 5.41) is 0.350. The van der Waals surface area contributed by atoms with Crippen molar-refractivity contribution >= 4 is 38.9 Å². The molecule has 0 amide bonds. The average Bonchev–Trinajstić information content (AvgIpc) is 2.41. The number of rotatable bonds is 4. The second kappa shape index (κ2) is 5.82. The second-order valence-corrected chi connectivity index (χ2v) is 6.22. The van der Waals surface area contributed by atoms with E-state index in [0.29, 0.717) is 16.6 Å². The van der Waals surface area contributed by atoms with Crippen LogP contribution in [0.15, 0.2) is 53.4 Å². The first-order chi connectivity index (χ1) is 9.03. The molecule has 19 heavy (non-hydrogen) atoms. The number of hydrogen-bond acceptors (Lipinski definition) is 2. The molecular formula is C13H11Cl2NO2S. The highest BCUT2D eigenvalue weighted by atomic mass is 35.5. The van der Waals surface area contributed by atoms with Crippen molar-refractivity contribution in [1.82, 2.24) is 0 Å². The summed E-state index contributed by atoms with van der Waals surface area (Å²) in [5.74, 6) is 0.346. The van der Waals surface area contributed by atoms with Gasteiger partial charge in [-0.2, -0.15) is 0 Å². The fourth-order valence-corrected chi connectivity index (χ4v) is 3.00. The van der Waals surface area contributed by atoms with Crippen molar-refractivity contribution in [3.63, 3.8) is 0 Å². The first-order valence-corrected chi connectivity index (χ1v) is 7.85. The fourth-order valence-electron chi connectivity index (χ4n) is 1.51. The Morgan fingerprint density at radius 2 is 1.63 bits per heavy atom. The molecular weight excluding hydrogens is 305 g/mol. The van der Waals surface area contributed by atoms with Crippen molar-refractivity contribution in [2.45, 2.75) is 10.8 Å². The number of nitrogens with one attached hydrogen (secondary N) is 1. The van der Waals surface area contributed by atoms with Gasteiger partial charge in [0.15, 0.2) is 0 Å². The second-order valence-electron chi connectivity index (χ2n) is 3.86. The van der Waals surface area contributed by atoms with Gasteiger partial charge in [0.25, 0.3) is 10.0 Å². The molecule has 1 N–H and O–H groups in total. The van der Waals surface area contributed by atoms with E-state index in [1.54, 1.807) is 36.4 Å². The van der Waals surface area contributed by atoms with Crippen molar-refractivity contribution < 1.29 is 8.42 Å². The zero-order chi connectivity index (χ0) is 13.9. The SMILES string of the molecule is O=S(=O)(Nc1ccccc1Cl)c1ccc(CCl)cc1. The summed E-state index contributed by atoms with van der Waals surface area (Å²) in [6.45, 7) is 0. The van der Waals surface area contributed by atoms with Gasteiger partial charge in [0, 0.05) is 5.88 Å². The first kappa shape index (κ1) is 14.2. The van der Waals surface area contributed by atoms with E-state index in [1.807, 2.05) is 0 Å². The molecule has 0 spiro atoms. The van der Waals surface area contributed by atoms with Gasteiger partial charge in [-0.15, -0.1) is 11.6 Å². The average molecular weight is 316 g/mol. The molecule has 0 unspecified atom stereocenters. The highest BCUT2D eigenvalue weighted by molar-refractivity contribution is 7.92. The third kappa shape index (κ3) is 3.41. The molecule has 0 aromatic heterocycles. The Labute approximate surface area is 122 Å². The minimum absolute atomic E-state index is 0.168. The standard InChI is InChI=1S/C13H11Cl2NO2S/c14-9-10-5-7-11(8-6-10)19(17,18)16-13-4-2-1-3-12(13)15/h1-8,16H,9H2. The molecule has 0 saturated carbocycles. The van der Waals surface area contributed by atoms with E-state index in [2.05, 4.69) is 4.72 Å². The first-order valence-electron chi connectivity index (χ1n) is 5.45. The number of alkyl halides is 1. The summed E-state index contributed by atoms with van der Waals surface area (Å²) in [6, 6.07) is 13.0. The maximum Gasteiger partial charge on any atom is 0.261 e. The van der Waals surface area contributed by atoms with Crippen LogP contribution in [0, 0.1) is 0 Å². The quantitative estimate of drug-likeness (QED) is 0.870. The number of para-hydroxylation sites is 1. The Hall–Kier alpha value is -1.23. The topological polar surface area (TPSA) is 46.2 Å². The van der Waals surface area contributed by atoms with Crippen LogP contribution >= 0.6 is 23.2 Å². The van der Waals surface area contributed by atoms with E-state index in [9.17, 15) is 8.42 Å². The van der Waals surface area contributed by atoms with Gasteiger partial charge in [0.1, 0.15) is 0 Å². The fraction of sp³-hybridized carbons (Fsp3) is 0.0769. The van der Waals surface area contributed by atoms with Crippen LogP contribution in [0.3, 0.4) is 0 Å². The van der Waals surface area contributed by atoms with Crippen LogP contribution < -0.4 is 4.72 Å². The molecule has 3 nitrogen and oxygen atoms in total. The summed E-state index contributed by atoms with van der Waals surface area (Å²) in [5.41, 5.74) is 1.21. The van der Waals surface area contributed by atoms with Crippen LogP contribution in [0.1, 0.15) is 5.56 Å². The van der Waals surface area contributed by atoms with Crippen molar-refractivity contribution in [2.24, 2.45) is 0 Å². The van der Waals surface area contributed by atoms with Gasteiger partial charge in [0.2, 0.25) is 0 Å². The zero-order valence-corrected chi connectivity index (χ0v) is 12.1. The van der Waals surface area contributed by atoms with E-state index in [-0.39, 0.29) is 4.90 Å². The predicted octanol–water partition coefficient (Wildman–Crippen LogP) is 3.88. The van der Waals surface area contributed by atoms with Crippen LogP contribution in [0.2, 0.25) is 5.02 Å². The Kier molecular flexibility index (Phi) is 4.34. The predicted molar refractivity (Wildman–Crippen MR) is 78.3 cm³/mol. The summed E-state index contributed by atoms with van der Waals surface area (Å²) >= 11 is 11.6. The van der Waals surface area contributed by atoms with Gasteiger partial charge in [-0.05, 0) is 29.8 Å². The normalized spacial score (nSPS) is 11.3. The lowest BCUT2D eigenvalue weighted by molar-refractivity contribution is 0.601. The van der Waals surface area contributed by atoms with Crippen molar-refractivity contribution in [1.29, 1.82) is 0 Å². The van der Waals surface area contributed by atoms with Crippen LogP contribution in [-0.2, 0) is 15.9 Å². The number of halogens is 2. The third-order valence-corrected chi connectivity index (χ3v) is 4.53. The molecule has 2 rings (SSSR count). The summed E-state index contributed by atoms with van der Waals surface area (Å²) in [4.78, 5) is 0.168. The van der Waals surface area contributed by atoms with Gasteiger partial charge >= 0.3 is 0 Å². The molecule has 0 aliphatic carbocycles.